The number of carbonyl (C=O) groups excluding carboxylic acids is 2. The highest BCUT2D eigenvalue weighted by atomic mass is 35.5. The third kappa shape index (κ3) is 3.53. The van der Waals surface area contributed by atoms with Gasteiger partial charge in [0.1, 0.15) is 0 Å². The van der Waals surface area contributed by atoms with Crippen LogP contribution in [0.4, 0.5) is 5.69 Å². The highest BCUT2D eigenvalue weighted by molar-refractivity contribution is 6.42. The number of para-hydroxylation sites is 1. The number of hydrogen-bond acceptors (Lipinski definition) is 4. The summed E-state index contributed by atoms with van der Waals surface area (Å²) < 4.78 is 0. The van der Waals surface area contributed by atoms with Crippen LogP contribution in [0, 0.1) is 0 Å². The van der Waals surface area contributed by atoms with E-state index in [1.54, 1.807) is 60.8 Å². The molecule has 0 radical (unpaired) electrons. The fraction of sp³-hybridized carbons (Fsp3) is 0.136. The molecule has 0 saturated carbocycles. The van der Waals surface area contributed by atoms with Crippen molar-refractivity contribution in [2.75, 3.05) is 4.90 Å². The molecule has 1 amide bonds. The molecule has 1 N–H and O–H groups in total. The normalized spacial score (nSPS) is 18.0. The largest absolute Gasteiger partial charge is 0.375 e. The van der Waals surface area contributed by atoms with Crippen LogP contribution in [0.1, 0.15) is 27.9 Å². The highest BCUT2D eigenvalue weighted by Crippen LogP contribution is 2.43. The van der Waals surface area contributed by atoms with E-state index >= 15 is 0 Å². The lowest BCUT2D eigenvalue weighted by Crippen LogP contribution is -2.41. The monoisotopic (exact) mass is 426 g/mol. The number of pyridine rings is 1. The van der Waals surface area contributed by atoms with E-state index in [0.717, 1.165) is 5.56 Å². The summed E-state index contributed by atoms with van der Waals surface area (Å²) in [4.78, 5) is 31.4. The van der Waals surface area contributed by atoms with Gasteiger partial charge < -0.3 is 10.0 Å². The predicted molar refractivity (Wildman–Crippen MR) is 111 cm³/mol. The number of Topliss-reactive ketones (excluding diaryl/α,β-unsaturated/α-hetero) is 1. The topological polar surface area (TPSA) is 70.5 Å². The third-order valence-electron chi connectivity index (χ3n) is 4.96. The molecule has 146 valence electrons. The Kier molecular flexibility index (Phi) is 5.13. The first-order chi connectivity index (χ1) is 13.9. The van der Waals surface area contributed by atoms with Gasteiger partial charge in [-0.05, 0) is 35.9 Å². The molecule has 5 nitrogen and oxygen atoms in total. The zero-order valence-electron chi connectivity index (χ0n) is 15.2. The van der Waals surface area contributed by atoms with Gasteiger partial charge in [-0.1, -0.05) is 47.5 Å². The van der Waals surface area contributed by atoms with Crippen LogP contribution >= 0.6 is 23.2 Å². The van der Waals surface area contributed by atoms with Crippen LogP contribution in [-0.4, -0.2) is 21.8 Å². The van der Waals surface area contributed by atoms with Crippen molar-refractivity contribution in [2.45, 2.75) is 18.6 Å². The minimum absolute atomic E-state index is 0.191. The first-order valence-corrected chi connectivity index (χ1v) is 9.67. The Balaban J connectivity index is 1.68. The number of anilines is 1. The Bertz CT molecular complexity index is 1100. The van der Waals surface area contributed by atoms with Gasteiger partial charge in [0, 0.05) is 23.5 Å². The van der Waals surface area contributed by atoms with E-state index in [2.05, 4.69) is 4.98 Å². The molecule has 0 spiro atoms. The van der Waals surface area contributed by atoms with Crippen molar-refractivity contribution in [1.29, 1.82) is 0 Å². The lowest BCUT2D eigenvalue weighted by Gasteiger charge is -2.23. The van der Waals surface area contributed by atoms with E-state index in [1.165, 1.54) is 11.1 Å². The number of ketones is 1. The first kappa shape index (κ1) is 19.6. The number of halogens is 2. The molecule has 1 aliphatic heterocycles. The zero-order valence-corrected chi connectivity index (χ0v) is 16.7. The summed E-state index contributed by atoms with van der Waals surface area (Å²) in [5.41, 5.74) is 0.117. The Morgan fingerprint density at radius 3 is 2.59 bits per heavy atom. The number of rotatable bonds is 5. The van der Waals surface area contributed by atoms with E-state index in [-0.39, 0.29) is 18.7 Å². The maximum absolute atomic E-state index is 13.3. The molecule has 0 aliphatic carbocycles. The minimum Gasteiger partial charge on any atom is -0.375 e. The van der Waals surface area contributed by atoms with E-state index in [0.29, 0.717) is 26.9 Å². The third-order valence-corrected chi connectivity index (χ3v) is 5.70. The number of carbonyl (C=O) groups is 2. The van der Waals surface area contributed by atoms with Crippen molar-refractivity contribution < 1.29 is 14.7 Å². The predicted octanol–water partition coefficient (Wildman–Crippen LogP) is 4.40. The molecule has 0 unspecified atom stereocenters. The summed E-state index contributed by atoms with van der Waals surface area (Å²) in [7, 11) is 0. The average Bonchev–Trinajstić information content (AvgIpc) is 2.93. The fourth-order valence-corrected chi connectivity index (χ4v) is 3.84. The van der Waals surface area contributed by atoms with Gasteiger partial charge in [-0.15, -0.1) is 0 Å². The van der Waals surface area contributed by atoms with Crippen LogP contribution < -0.4 is 4.90 Å². The van der Waals surface area contributed by atoms with E-state index < -0.39 is 11.5 Å². The van der Waals surface area contributed by atoms with Gasteiger partial charge in [0.2, 0.25) is 0 Å². The molecule has 0 bridgehead atoms. The zero-order chi connectivity index (χ0) is 20.6. The summed E-state index contributed by atoms with van der Waals surface area (Å²) >= 11 is 12.1. The van der Waals surface area contributed by atoms with Crippen LogP contribution in [0.25, 0.3) is 0 Å². The fourth-order valence-electron chi connectivity index (χ4n) is 3.52. The number of aromatic nitrogens is 1. The molecular weight excluding hydrogens is 411 g/mol. The van der Waals surface area contributed by atoms with Crippen molar-refractivity contribution in [3.8, 4) is 0 Å². The Morgan fingerprint density at radius 2 is 1.86 bits per heavy atom. The average molecular weight is 427 g/mol. The Labute approximate surface area is 177 Å². The molecule has 7 heteroatoms. The standard InChI is InChI=1S/C22H16Cl2N2O3/c23-17-8-7-14(10-18(17)24)13-26-19-6-2-1-5-16(19)22(29,21(26)28)11-20(27)15-4-3-9-25-12-15/h1-10,12,29H,11,13H2/t22-/m0/s1. The summed E-state index contributed by atoms with van der Waals surface area (Å²) in [6, 6.07) is 15.3. The number of fused-ring (bicyclic) bond motifs is 1. The molecule has 1 atom stereocenters. The SMILES string of the molecule is O=C(C[C@@]1(O)C(=O)N(Cc2ccc(Cl)c(Cl)c2)c2ccccc21)c1cccnc1. The van der Waals surface area contributed by atoms with Gasteiger partial charge in [-0.25, -0.2) is 0 Å². The molecule has 0 saturated heterocycles. The number of amides is 1. The van der Waals surface area contributed by atoms with Crippen LogP contribution in [0.15, 0.2) is 67.0 Å². The molecule has 2 aromatic carbocycles. The molecule has 1 aliphatic rings. The second-order valence-corrected chi connectivity index (χ2v) is 7.67. The van der Waals surface area contributed by atoms with Crippen molar-refractivity contribution in [2.24, 2.45) is 0 Å². The van der Waals surface area contributed by atoms with Crippen molar-refractivity contribution in [3.05, 3.63) is 93.7 Å². The van der Waals surface area contributed by atoms with Gasteiger partial charge in [0.15, 0.2) is 11.4 Å². The Hall–Kier alpha value is -2.73. The van der Waals surface area contributed by atoms with E-state index in [9.17, 15) is 14.7 Å². The second kappa shape index (κ2) is 7.59. The van der Waals surface area contributed by atoms with Gasteiger partial charge in [-0.2, -0.15) is 0 Å². The number of aliphatic hydroxyl groups is 1. The minimum atomic E-state index is -1.94. The lowest BCUT2D eigenvalue weighted by molar-refractivity contribution is -0.136. The van der Waals surface area contributed by atoms with Crippen LogP contribution in [0.3, 0.4) is 0 Å². The highest BCUT2D eigenvalue weighted by Gasteiger charge is 2.50. The molecule has 2 heterocycles. The summed E-state index contributed by atoms with van der Waals surface area (Å²) in [5.74, 6) is -0.915. The van der Waals surface area contributed by atoms with Gasteiger partial charge in [0.05, 0.1) is 28.7 Å². The summed E-state index contributed by atoms with van der Waals surface area (Å²) in [5, 5.41) is 12.1. The number of nitrogens with zero attached hydrogens (tertiary/aromatic N) is 2. The lowest BCUT2D eigenvalue weighted by atomic mass is 9.88. The maximum atomic E-state index is 13.3. The van der Waals surface area contributed by atoms with E-state index in [4.69, 9.17) is 23.2 Å². The van der Waals surface area contributed by atoms with Gasteiger partial charge in [0.25, 0.3) is 5.91 Å². The second-order valence-electron chi connectivity index (χ2n) is 6.86. The first-order valence-electron chi connectivity index (χ1n) is 8.91. The summed E-state index contributed by atoms with van der Waals surface area (Å²) in [6.45, 7) is 0.191. The Morgan fingerprint density at radius 1 is 1.07 bits per heavy atom. The smallest absolute Gasteiger partial charge is 0.264 e. The number of hydrogen-bond donors (Lipinski definition) is 1. The number of benzene rings is 2. The maximum Gasteiger partial charge on any atom is 0.264 e. The van der Waals surface area contributed by atoms with Gasteiger partial charge in [-0.3, -0.25) is 14.6 Å². The molecule has 3 aromatic rings. The van der Waals surface area contributed by atoms with Crippen LogP contribution in [-0.2, 0) is 16.9 Å². The van der Waals surface area contributed by atoms with Crippen molar-refractivity contribution >= 4 is 40.6 Å². The van der Waals surface area contributed by atoms with Crippen LogP contribution in [0.5, 0.6) is 0 Å². The molecule has 0 fully saturated rings. The van der Waals surface area contributed by atoms with Crippen molar-refractivity contribution in [3.63, 3.8) is 0 Å². The van der Waals surface area contributed by atoms with Gasteiger partial charge >= 0.3 is 0 Å². The van der Waals surface area contributed by atoms with E-state index in [1.807, 2.05) is 0 Å². The quantitative estimate of drug-likeness (QED) is 0.613. The molecular formula is C22H16Cl2N2O3. The summed E-state index contributed by atoms with van der Waals surface area (Å²) in [6.07, 6.45) is 2.61. The van der Waals surface area contributed by atoms with Crippen molar-refractivity contribution in [1.82, 2.24) is 4.98 Å². The molecule has 4 rings (SSSR count). The van der Waals surface area contributed by atoms with Crippen LogP contribution in [0.2, 0.25) is 10.0 Å². The molecule has 1 aromatic heterocycles. The molecule has 29 heavy (non-hydrogen) atoms.